The van der Waals surface area contributed by atoms with E-state index in [1.54, 1.807) is 0 Å². The van der Waals surface area contributed by atoms with Crippen molar-refractivity contribution in [3.8, 4) is 0 Å². The molecule has 0 fully saturated rings. The molecule has 2 aromatic rings. The molecule has 0 spiro atoms. The third kappa shape index (κ3) is 4.47. The van der Waals surface area contributed by atoms with Crippen molar-refractivity contribution in [1.82, 2.24) is 9.97 Å². The van der Waals surface area contributed by atoms with Gasteiger partial charge in [0.15, 0.2) is 0 Å². The van der Waals surface area contributed by atoms with Crippen LogP contribution in [-0.2, 0) is 0 Å². The SMILES string of the molecule is CCC1=C(C)/C(=C/c2[nH]c(C)c(Sc3c(C)[nH]c(/C=C4\N=C(C)C(CC)=C4C)c3C)c2C)N=C1C. The maximum Gasteiger partial charge on any atom is 0.0686 e. The van der Waals surface area contributed by atoms with Gasteiger partial charge in [0.25, 0.3) is 0 Å². The smallest absolute Gasteiger partial charge is 0.0686 e. The maximum absolute atomic E-state index is 4.84. The van der Waals surface area contributed by atoms with Crippen molar-refractivity contribution in [3.63, 3.8) is 0 Å². The molecule has 5 heteroatoms. The summed E-state index contributed by atoms with van der Waals surface area (Å²) in [6.07, 6.45) is 6.46. The number of hydrogen-bond acceptors (Lipinski definition) is 3. The lowest BCUT2D eigenvalue weighted by atomic mass is 10.0. The Morgan fingerprint density at radius 1 is 0.629 bits per heavy atom. The predicted octanol–water partition coefficient (Wildman–Crippen LogP) is 8.81. The van der Waals surface area contributed by atoms with E-state index in [1.165, 1.54) is 54.6 Å². The molecule has 0 aliphatic carbocycles. The van der Waals surface area contributed by atoms with Crippen LogP contribution in [0.5, 0.6) is 0 Å². The number of nitrogens with zero attached hydrogens (tertiary/aromatic N) is 2. The van der Waals surface area contributed by atoms with Gasteiger partial charge in [0.1, 0.15) is 0 Å². The van der Waals surface area contributed by atoms with E-state index in [0.29, 0.717) is 0 Å². The molecule has 0 unspecified atom stereocenters. The van der Waals surface area contributed by atoms with Gasteiger partial charge >= 0.3 is 0 Å². The molecule has 4 nitrogen and oxygen atoms in total. The first-order valence-corrected chi connectivity index (χ1v) is 13.4. The number of aromatic amines is 2. The molecule has 4 heterocycles. The molecule has 2 aromatic heterocycles. The second-order valence-electron chi connectivity index (χ2n) is 9.71. The van der Waals surface area contributed by atoms with Crippen LogP contribution in [0, 0.1) is 27.7 Å². The van der Waals surface area contributed by atoms with Crippen molar-refractivity contribution in [2.45, 2.75) is 91.9 Å². The summed E-state index contributed by atoms with van der Waals surface area (Å²) in [6.45, 7) is 21.7. The van der Waals surface area contributed by atoms with Gasteiger partial charge < -0.3 is 9.97 Å². The van der Waals surface area contributed by atoms with Crippen molar-refractivity contribution in [3.05, 3.63) is 67.6 Å². The van der Waals surface area contributed by atoms with Crippen LogP contribution >= 0.6 is 11.8 Å². The molecule has 2 aliphatic heterocycles. The second kappa shape index (κ2) is 9.69. The fourth-order valence-electron chi connectivity index (χ4n) is 5.32. The van der Waals surface area contributed by atoms with Crippen molar-refractivity contribution >= 4 is 35.3 Å². The minimum Gasteiger partial charge on any atom is -0.358 e. The number of rotatable bonds is 6. The number of hydrogen-bond donors (Lipinski definition) is 2. The van der Waals surface area contributed by atoms with Gasteiger partial charge in [-0.25, -0.2) is 0 Å². The number of aryl methyl sites for hydroxylation is 2. The standard InChI is InChI=1S/C30H38N4S/c1-11-23-15(3)25(31-19(23)7)13-27-17(5)29(21(9)33-27)35-30-18(6)28(34-22(30)10)14-26-16(4)24(12-2)20(8)32-26/h13-14,33-34H,11-12H2,1-10H3/b25-13-,26-14-. The molecule has 4 rings (SSSR count). The summed E-state index contributed by atoms with van der Waals surface area (Å²) < 4.78 is 0. The first-order valence-electron chi connectivity index (χ1n) is 12.6. The number of allylic oxidation sites excluding steroid dienone is 4. The minimum absolute atomic E-state index is 1.02. The molecular formula is C30H38N4S. The van der Waals surface area contributed by atoms with Crippen LogP contribution in [0.1, 0.15) is 88.3 Å². The summed E-state index contributed by atoms with van der Waals surface area (Å²) in [6, 6.07) is 0. The van der Waals surface area contributed by atoms with E-state index in [9.17, 15) is 0 Å². The van der Waals surface area contributed by atoms with E-state index < -0.39 is 0 Å². The Bertz CT molecular complexity index is 1290. The summed E-state index contributed by atoms with van der Waals surface area (Å²) in [5.74, 6) is 0. The van der Waals surface area contributed by atoms with E-state index in [4.69, 9.17) is 9.98 Å². The molecule has 0 radical (unpaired) electrons. The van der Waals surface area contributed by atoms with Crippen molar-refractivity contribution < 1.29 is 0 Å². The zero-order valence-electron chi connectivity index (χ0n) is 22.9. The Morgan fingerprint density at radius 3 is 1.31 bits per heavy atom. The van der Waals surface area contributed by atoms with Gasteiger partial charge in [-0.05, 0) is 114 Å². The first-order chi connectivity index (χ1) is 16.6. The highest BCUT2D eigenvalue weighted by atomic mass is 32.2. The van der Waals surface area contributed by atoms with Gasteiger partial charge in [-0.1, -0.05) is 25.6 Å². The van der Waals surface area contributed by atoms with Crippen LogP contribution in [0.25, 0.3) is 12.2 Å². The van der Waals surface area contributed by atoms with Crippen LogP contribution in [-0.4, -0.2) is 21.4 Å². The van der Waals surface area contributed by atoms with E-state index >= 15 is 0 Å². The van der Waals surface area contributed by atoms with Gasteiger partial charge in [-0.2, -0.15) is 0 Å². The highest BCUT2D eigenvalue weighted by Gasteiger charge is 2.21. The number of H-pyrrole nitrogens is 2. The average molecular weight is 487 g/mol. The van der Waals surface area contributed by atoms with Crippen molar-refractivity contribution in [2.24, 2.45) is 9.98 Å². The third-order valence-electron chi connectivity index (χ3n) is 7.41. The summed E-state index contributed by atoms with van der Waals surface area (Å²) in [7, 11) is 0. The van der Waals surface area contributed by atoms with Crippen molar-refractivity contribution in [2.75, 3.05) is 0 Å². The molecule has 0 aromatic carbocycles. The van der Waals surface area contributed by atoms with E-state index in [-0.39, 0.29) is 0 Å². The molecule has 2 aliphatic rings. The minimum atomic E-state index is 1.02. The third-order valence-corrected chi connectivity index (χ3v) is 9.04. The molecule has 184 valence electrons. The molecule has 0 saturated heterocycles. The number of nitrogens with one attached hydrogen (secondary N) is 2. The fourth-order valence-corrected chi connectivity index (χ4v) is 6.46. The maximum atomic E-state index is 4.84. The zero-order valence-corrected chi connectivity index (χ0v) is 23.7. The Hall–Kier alpha value is -2.79. The van der Waals surface area contributed by atoms with Gasteiger partial charge in [0, 0.05) is 44.0 Å². The largest absolute Gasteiger partial charge is 0.358 e. The van der Waals surface area contributed by atoms with Crippen molar-refractivity contribution in [1.29, 1.82) is 0 Å². The second-order valence-corrected chi connectivity index (χ2v) is 10.7. The van der Waals surface area contributed by atoms with Crippen LogP contribution < -0.4 is 0 Å². The monoisotopic (exact) mass is 486 g/mol. The summed E-state index contributed by atoms with van der Waals surface area (Å²) in [4.78, 5) is 19.5. The molecule has 0 bridgehead atoms. The molecule has 0 amide bonds. The normalized spacial score (nSPS) is 18.6. The van der Waals surface area contributed by atoms with Crippen LogP contribution in [0.2, 0.25) is 0 Å². The summed E-state index contributed by atoms with van der Waals surface area (Å²) >= 11 is 1.85. The zero-order chi connectivity index (χ0) is 25.6. The molecular weight excluding hydrogens is 448 g/mol. The van der Waals surface area contributed by atoms with E-state index in [0.717, 1.165) is 47.0 Å². The summed E-state index contributed by atoms with van der Waals surface area (Å²) in [5.41, 5.74) is 17.0. The molecule has 2 N–H and O–H groups in total. The Balaban J connectivity index is 1.67. The Morgan fingerprint density at radius 2 is 1.00 bits per heavy atom. The molecule has 0 atom stereocenters. The Kier molecular flexibility index (Phi) is 7.01. The van der Waals surface area contributed by atoms with Gasteiger partial charge in [-0.15, -0.1) is 0 Å². The lowest BCUT2D eigenvalue weighted by Gasteiger charge is -2.05. The van der Waals surface area contributed by atoms with Gasteiger partial charge in [0.05, 0.1) is 11.4 Å². The lowest BCUT2D eigenvalue weighted by molar-refractivity contribution is 1.15. The number of aliphatic imine (C=N–C) groups is 2. The van der Waals surface area contributed by atoms with Crippen LogP contribution in [0.15, 0.2) is 53.5 Å². The van der Waals surface area contributed by atoms with Crippen LogP contribution in [0.4, 0.5) is 0 Å². The topological polar surface area (TPSA) is 56.3 Å². The highest BCUT2D eigenvalue weighted by Crippen LogP contribution is 2.41. The van der Waals surface area contributed by atoms with Crippen LogP contribution in [0.3, 0.4) is 0 Å². The molecule has 35 heavy (non-hydrogen) atoms. The lowest BCUT2D eigenvalue weighted by Crippen LogP contribution is -1.91. The molecule has 0 saturated carbocycles. The van der Waals surface area contributed by atoms with E-state index in [1.807, 2.05) is 11.8 Å². The quantitative estimate of drug-likeness (QED) is 0.421. The van der Waals surface area contributed by atoms with E-state index in [2.05, 4.69) is 91.4 Å². The Labute approximate surface area is 214 Å². The number of aromatic nitrogens is 2. The van der Waals surface area contributed by atoms with Gasteiger partial charge in [-0.3, -0.25) is 9.98 Å². The average Bonchev–Trinajstić information content (AvgIpc) is 3.43. The first kappa shape index (κ1) is 25.3. The summed E-state index contributed by atoms with van der Waals surface area (Å²) in [5, 5.41) is 0. The van der Waals surface area contributed by atoms with Gasteiger partial charge in [0.2, 0.25) is 0 Å². The highest BCUT2D eigenvalue weighted by molar-refractivity contribution is 7.99. The fraction of sp³-hybridized carbons (Fsp3) is 0.400. The predicted molar refractivity (Wildman–Crippen MR) is 153 cm³/mol.